The first-order valence-electron chi connectivity index (χ1n) is 6.86. The van der Waals surface area contributed by atoms with Crippen LogP contribution in [-0.2, 0) is 9.59 Å². The summed E-state index contributed by atoms with van der Waals surface area (Å²) in [4.78, 5) is 36.2. The number of imide groups is 1. The van der Waals surface area contributed by atoms with Crippen LogP contribution in [0.3, 0.4) is 0 Å². The third kappa shape index (κ3) is 3.39. The Morgan fingerprint density at radius 1 is 1.24 bits per heavy atom. The maximum absolute atomic E-state index is 11.8. The molecule has 2 rings (SSSR count). The van der Waals surface area contributed by atoms with Gasteiger partial charge in [-0.2, -0.15) is 0 Å². The molecule has 1 atom stereocenters. The Hall–Kier alpha value is -2.37. The number of carbonyl (C=O) groups is 3. The maximum atomic E-state index is 11.8. The van der Waals surface area contributed by atoms with Crippen molar-refractivity contribution in [1.82, 2.24) is 10.2 Å². The first-order valence-corrected chi connectivity index (χ1v) is 6.86. The first kappa shape index (κ1) is 15.0. The molecule has 1 aliphatic rings. The predicted octanol–water partition coefficient (Wildman–Crippen LogP) is 0.994. The van der Waals surface area contributed by atoms with Crippen LogP contribution in [-0.4, -0.2) is 41.8 Å². The van der Waals surface area contributed by atoms with Gasteiger partial charge in [0.25, 0.3) is 11.8 Å². The highest BCUT2D eigenvalue weighted by Crippen LogP contribution is 2.17. The van der Waals surface area contributed by atoms with Crippen LogP contribution in [0.2, 0.25) is 0 Å². The Balaban J connectivity index is 2.02. The van der Waals surface area contributed by atoms with Crippen LogP contribution < -0.4 is 10.6 Å². The number of likely N-dealkylation sites (tertiary alicyclic amines) is 1. The van der Waals surface area contributed by atoms with E-state index in [1.165, 1.54) is 7.05 Å². The van der Waals surface area contributed by atoms with E-state index in [4.69, 9.17) is 0 Å². The number of hydrogen-bond donors (Lipinski definition) is 2. The summed E-state index contributed by atoms with van der Waals surface area (Å²) in [7, 11) is 1.48. The summed E-state index contributed by atoms with van der Waals surface area (Å²) in [6.45, 7) is 3.79. The van der Waals surface area contributed by atoms with Gasteiger partial charge in [0.15, 0.2) is 0 Å². The molecule has 1 saturated heterocycles. The molecule has 3 amide bonds. The van der Waals surface area contributed by atoms with Gasteiger partial charge in [0.1, 0.15) is 6.04 Å². The molecule has 6 heteroatoms. The Morgan fingerprint density at radius 2 is 1.86 bits per heavy atom. The summed E-state index contributed by atoms with van der Waals surface area (Å²) >= 11 is 0. The Bertz CT molecular complexity index is 566. The van der Waals surface area contributed by atoms with Crippen LogP contribution in [0.1, 0.15) is 30.6 Å². The zero-order valence-corrected chi connectivity index (χ0v) is 12.3. The molecule has 0 spiro atoms. The molecular weight excluding hydrogens is 270 g/mol. The molecule has 0 bridgehead atoms. The third-order valence-electron chi connectivity index (χ3n) is 3.29. The van der Waals surface area contributed by atoms with Crippen LogP contribution >= 0.6 is 0 Å². The molecule has 1 aliphatic heterocycles. The van der Waals surface area contributed by atoms with E-state index in [2.05, 4.69) is 10.6 Å². The summed E-state index contributed by atoms with van der Waals surface area (Å²) in [5, 5.41) is 5.82. The molecule has 0 radical (unpaired) electrons. The average Bonchev–Trinajstić information content (AvgIpc) is 2.66. The molecule has 0 saturated carbocycles. The Morgan fingerprint density at radius 3 is 2.33 bits per heavy atom. The normalized spacial score (nSPS) is 18.3. The lowest BCUT2D eigenvalue weighted by atomic mass is 10.1. The molecule has 2 N–H and O–H groups in total. The third-order valence-corrected chi connectivity index (χ3v) is 3.29. The highest BCUT2D eigenvalue weighted by molar-refractivity contribution is 6.06. The highest BCUT2D eigenvalue weighted by Gasteiger charge is 2.35. The van der Waals surface area contributed by atoms with Crippen molar-refractivity contribution in [3.63, 3.8) is 0 Å². The van der Waals surface area contributed by atoms with E-state index in [1.54, 1.807) is 24.3 Å². The summed E-state index contributed by atoms with van der Waals surface area (Å²) in [5.74, 6) is -0.560. The minimum atomic E-state index is -0.530. The minimum Gasteiger partial charge on any atom is -0.373 e. The molecule has 1 aromatic rings. The monoisotopic (exact) mass is 289 g/mol. The number of nitrogens with zero attached hydrogens (tertiary/aromatic N) is 1. The highest BCUT2D eigenvalue weighted by atomic mass is 16.2. The van der Waals surface area contributed by atoms with Crippen molar-refractivity contribution in [2.45, 2.75) is 32.4 Å². The predicted molar refractivity (Wildman–Crippen MR) is 78.8 cm³/mol. The van der Waals surface area contributed by atoms with E-state index in [1.807, 2.05) is 13.8 Å². The molecule has 1 heterocycles. The fraction of sp³-hybridized carbons (Fsp3) is 0.400. The molecule has 0 aliphatic carbocycles. The van der Waals surface area contributed by atoms with Gasteiger partial charge in [0, 0.05) is 24.3 Å². The number of anilines is 1. The van der Waals surface area contributed by atoms with E-state index < -0.39 is 6.04 Å². The van der Waals surface area contributed by atoms with E-state index >= 15 is 0 Å². The van der Waals surface area contributed by atoms with Crippen LogP contribution in [0.5, 0.6) is 0 Å². The van der Waals surface area contributed by atoms with Crippen molar-refractivity contribution < 1.29 is 14.4 Å². The summed E-state index contributed by atoms with van der Waals surface area (Å²) in [5.41, 5.74) is 1.26. The van der Waals surface area contributed by atoms with Gasteiger partial charge in [0.05, 0.1) is 6.42 Å². The van der Waals surface area contributed by atoms with E-state index in [-0.39, 0.29) is 30.2 Å². The van der Waals surface area contributed by atoms with Crippen LogP contribution in [0.15, 0.2) is 24.3 Å². The lowest BCUT2D eigenvalue weighted by Crippen LogP contribution is -2.32. The van der Waals surface area contributed by atoms with Crippen molar-refractivity contribution in [1.29, 1.82) is 0 Å². The molecule has 1 unspecified atom stereocenters. The lowest BCUT2D eigenvalue weighted by Gasteiger charge is -2.13. The molecule has 112 valence electrons. The van der Waals surface area contributed by atoms with Gasteiger partial charge in [-0.3, -0.25) is 19.3 Å². The summed E-state index contributed by atoms with van der Waals surface area (Å²) in [6, 6.07) is 6.37. The Kier molecular flexibility index (Phi) is 4.26. The minimum absolute atomic E-state index is 0.0768. The zero-order chi connectivity index (χ0) is 15.6. The average molecular weight is 289 g/mol. The molecule has 1 aromatic carbocycles. The van der Waals surface area contributed by atoms with Crippen LogP contribution in [0.4, 0.5) is 5.69 Å². The molecule has 1 fully saturated rings. The number of amides is 3. The van der Waals surface area contributed by atoms with Gasteiger partial charge >= 0.3 is 0 Å². The zero-order valence-electron chi connectivity index (χ0n) is 12.3. The smallest absolute Gasteiger partial charge is 0.251 e. The van der Waals surface area contributed by atoms with E-state index in [0.29, 0.717) is 11.3 Å². The van der Waals surface area contributed by atoms with E-state index in [0.717, 1.165) is 4.90 Å². The largest absolute Gasteiger partial charge is 0.373 e. The molecule has 21 heavy (non-hydrogen) atoms. The number of hydrogen-bond acceptors (Lipinski definition) is 4. The maximum Gasteiger partial charge on any atom is 0.251 e. The second kappa shape index (κ2) is 5.95. The number of rotatable bonds is 4. The van der Waals surface area contributed by atoms with Crippen LogP contribution in [0, 0.1) is 0 Å². The van der Waals surface area contributed by atoms with Gasteiger partial charge in [0.2, 0.25) is 5.91 Å². The first-order chi connectivity index (χ1) is 9.88. The van der Waals surface area contributed by atoms with Crippen LogP contribution in [0.25, 0.3) is 0 Å². The number of likely N-dealkylation sites (N-methyl/N-ethyl adjacent to an activating group) is 1. The fourth-order valence-corrected chi connectivity index (χ4v) is 2.13. The van der Waals surface area contributed by atoms with E-state index in [9.17, 15) is 14.4 Å². The van der Waals surface area contributed by atoms with Gasteiger partial charge in [-0.15, -0.1) is 0 Å². The number of carbonyl (C=O) groups excluding carboxylic acids is 3. The summed E-state index contributed by atoms with van der Waals surface area (Å²) in [6.07, 6.45) is 0.158. The standard InChI is InChI=1S/C15H19N3O3/c1-9(2)16-14(20)10-4-6-11(7-5-10)17-12-8-13(19)18(3)15(12)21/h4-7,9,12,17H,8H2,1-3H3,(H,16,20). The van der Waals surface area contributed by atoms with Crippen molar-refractivity contribution in [2.24, 2.45) is 0 Å². The molecular formula is C15H19N3O3. The molecule has 6 nitrogen and oxygen atoms in total. The second-order valence-electron chi connectivity index (χ2n) is 5.40. The van der Waals surface area contributed by atoms with Gasteiger partial charge in [-0.05, 0) is 38.1 Å². The van der Waals surface area contributed by atoms with Crippen molar-refractivity contribution in [2.75, 3.05) is 12.4 Å². The van der Waals surface area contributed by atoms with Gasteiger partial charge < -0.3 is 10.6 Å². The SMILES string of the molecule is CC(C)NC(=O)c1ccc(NC2CC(=O)N(C)C2=O)cc1. The van der Waals surface area contributed by atoms with Crippen molar-refractivity contribution >= 4 is 23.4 Å². The van der Waals surface area contributed by atoms with Gasteiger partial charge in [-0.1, -0.05) is 0 Å². The lowest BCUT2D eigenvalue weighted by molar-refractivity contribution is -0.136. The van der Waals surface area contributed by atoms with Crippen molar-refractivity contribution in [3.05, 3.63) is 29.8 Å². The quantitative estimate of drug-likeness (QED) is 0.810. The van der Waals surface area contributed by atoms with Gasteiger partial charge in [-0.25, -0.2) is 0 Å². The van der Waals surface area contributed by atoms with Crippen molar-refractivity contribution in [3.8, 4) is 0 Å². The number of nitrogens with one attached hydrogen (secondary N) is 2. The fourth-order valence-electron chi connectivity index (χ4n) is 2.13. The summed E-state index contributed by atoms with van der Waals surface area (Å²) < 4.78 is 0. The topological polar surface area (TPSA) is 78.5 Å². The number of benzene rings is 1. The Labute approximate surface area is 123 Å². The molecule has 0 aromatic heterocycles. The second-order valence-corrected chi connectivity index (χ2v) is 5.40.